The second-order valence-corrected chi connectivity index (χ2v) is 5.70. The van der Waals surface area contributed by atoms with Crippen molar-refractivity contribution in [2.24, 2.45) is 0 Å². The molecule has 1 saturated carbocycles. The number of halogens is 1. The molecule has 2 aliphatic rings. The summed E-state index contributed by atoms with van der Waals surface area (Å²) < 4.78 is 0. The van der Waals surface area contributed by atoms with Gasteiger partial charge >= 0.3 is 0 Å². The largest absolute Gasteiger partial charge is 0.347 e. The number of aromatic nitrogens is 2. The van der Waals surface area contributed by atoms with Gasteiger partial charge in [-0.05, 0) is 12.8 Å². The first-order chi connectivity index (χ1) is 8.80. The van der Waals surface area contributed by atoms with Crippen LogP contribution in [-0.2, 0) is 0 Å². The molecule has 1 aromatic rings. The summed E-state index contributed by atoms with van der Waals surface area (Å²) in [6.45, 7) is 3.06. The molecule has 3 rings (SSSR count). The fourth-order valence-corrected chi connectivity index (χ4v) is 3.46. The summed E-state index contributed by atoms with van der Waals surface area (Å²) in [7, 11) is 0. The Bertz CT molecular complexity index is 409. The highest BCUT2D eigenvalue weighted by Gasteiger charge is 2.40. The van der Waals surface area contributed by atoms with Crippen molar-refractivity contribution in [1.82, 2.24) is 15.3 Å². The Morgan fingerprint density at radius 3 is 2.83 bits per heavy atom. The molecule has 4 nitrogen and oxygen atoms in total. The van der Waals surface area contributed by atoms with Gasteiger partial charge < -0.3 is 10.2 Å². The van der Waals surface area contributed by atoms with Crippen LogP contribution in [0.15, 0.2) is 12.4 Å². The van der Waals surface area contributed by atoms with E-state index in [2.05, 4.69) is 20.2 Å². The minimum absolute atomic E-state index is 0.232. The second-order valence-electron chi connectivity index (χ2n) is 5.31. The van der Waals surface area contributed by atoms with Gasteiger partial charge in [-0.25, -0.2) is 4.98 Å². The van der Waals surface area contributed by atoms with Crippen molar-refractivity contribution in [2.45, 2.75) is 37.6 Å². The molecule has 1 saturated heterocycles. The summed E-state index contributed by atoms with van der Waals surface area (Å²) in [6, 6.07) is 0. The molecule has 98 valence electrons. The van der Waals surface area contributed by atoms with Crippen LogP contribution in [0, 0.1) is 0 Å². The first-order valence-electron chi connectivity index (χ1n) is 6.76. The Morgan fingerprint density at radius 1 is 1.22 bits per heavy atom. The summed E-state index contributed by atoms with van der Waals surface area (Å²) >= 11 is 5.98. The maximum absolute atomic E-state index is 5.98. The molecular formula is C13H19ClN4. The van der Waals surface area contributed by atoms with E-state index in [1.165, 1.54) is 32.1 Å². The van der Waals surface area contributed by atoms with E-state index in [-0.39, 0.29) is 5.54 Å². The number of rotatable bonds is 1. The Morgan fingerprint density at radius 2 is 2.06 bits per heavy atom. The lowest BCUT2D eigenvalue weighted by Gasteiger charge is -2.50. The molecule has 0 radical (unpaired) electrons. The zero-order chi connectivity index (χ0) is 12.4. The fraction of sp³-hybridized carbons (Fsp3) is 0.692. The fourth-order valence-electron chi connectivity index (χ4n) is 3.32. The lowest BCUT2D eigenvalue weighted by molar-refractivity contribution is 0.239. The van der Waals surface area contributed by atoms with E-state index in [9.17, 15) is 0 Å². The summed E-state index contributed by atoms with van der Waals surface area (Å²) in [5, 5.41) is 4.02. The average Bonchev–Trinajstić information content (AvgIpc) is 2.40. The van der Waals surface area contributed by atoms with E-state index in [4.69, 9.17) is 11.6 Å². The summed E-state index contributed by atoms with van der Waals surface area (Å²) in [6.07, 6.45) is 9.91. The molecule has 1 spiro atoms. The molecular weight excluding hydrogens is 248 g/mol. The predicted molar refractivity (Wildman–Crippen MR) is 73.1 cm³/mol. The van der Waals surface area contributed by atoms with Gasteiger partial charge in [-0.3, -0.25) is 4.98 Å². The van der Waals surface area contributed by atoms with E-state index in [0.717, 1.165) is 25.5 Å². The number of nitrogens with zero attached hydrogens (tertiary/aromatic N) is 3. The molecule has 1 N–H and O–H groups in total. The lowest BCUT2D eigenvalue weighted by atomic mass is 9.79. The molecule has 1 aliphatic heterocycles. The molecule has 2 heterocycles. The van der Waals surface area contributed by atoms with Crippen molar-refractivity contribution in [3.63, 3.8) is 0 Å². The molecule has 0 atom stereocenters. The van der Waals surface area contributed by atoms with E-state index in [1.54, 1.807) is 6.20 Å². The van der Waals surface area contributed by atoms with Gasteiger partial charge in [0.05, 0.1) is 17.9 Å². The Kier molecular flexibility index (Phi) is 3.39. The highest BCUT2D eigenvalue weighted by Crippen LogP contribution is 2.36. The maximum Gasteiger partial charge on any atom is 0.149 e. The number of nitrogens with one attached hydrogen (secondary N) is 1. The SMILES string of the molecule is Clc1cncc(N2CCNCC23CCCCC3)n1. The Balaban J connectivity index is 1.91. The van der Waals surface area contributed by atoms with E-state index in [1.807, 2.05) is 6.20 Å². The quantitative estimate of drug-likeness (QED) is 0.847. The molecule has 1 aromatic heterocycles. The van der Waals surface area contributed by atoms with Crippen LogP contribution >= 0.6 is 11.6 Å². The standard InChI is InChI=1S/C13H19ClN4/c14-11-8-16-9-12(17-11)18-7-6-15-10-13(18)4-2-1-3-5-13/h8-9,15H,1-7,10H2. The van der Waals surface area contributed by atoms with E-state index >= 15 is 0 Å². The van der Waals surface area contributed by atoms with Gasteiger partial charge in [0.1, 0.15) is 11.0 Å². The normalized spacial score (nSPS) is 23.3. The molecule has 2 fully saturated rings. The van der Waals surface area contributed by atoms with Gasteiger partial charge in [-0.2, -0.15) is 0 Å². The highest BCUT2D eigenvalue weighted by atomic mass is 35.5. The lowest BCUT2D eigenvalue weighted by Crippen LogP contribution is -2.62. The van der Waals surface area contributed by atoms with E-state index in [0.29, 0.717) is 5.15 Å². The highest BCUT2D eigenvalue weighted by molar-refractivity contribution is 6.29. The minimum atomic E-state index is 0.232. The van der Waals surface area contributed by atoms with Gasteiger partial charge in [-0.15, -0.1) is 0 Å². The minimum Gasteiger partial charge on any atom is -0.347 e. The van der Waals surface area contributed by atoms with Gasteiger partial charge in [0.15, 0.2) is 0 Å². The van der Waals surface area contributed by atoms with Crippen LogP contribution < -0.4 is 10.2 Å². The number of anilines is 1. The van der Waals surface area contributed by atoms with Gasteiger partial charge in [0, 0.05) is 19.6 Å². The molecule has 18 heavy (non-hydrogen) atoms. The monoisotopic (exact) mass is 266 g/mol. The third-order valence-electron chi connectivity index (χ3n) is 4.19. The van der Waals surface area contributed by atoms with Crippen LogP contribution in [0.1, 0.15) is 32.1 Å². The summed E-state index contributed by atoms with van der Waals surface area (Å²) in [4.78, 5) is 11.1. The van der Waals surface area contributed by atoms with E-state index < -0.39 is 0 Å². The van der Waals surface area contributed by atoms with Gasteiger partial charge in [0.2, 0.25) is 0 Å². The van der Waals surface area contributed by atoms with Crippen LogP contribution in [0.5, 0.6) is 0 Å². The van der Waals surface area contributed by atoms with Crippen LogP contribution in [0.25, 0.3) is 0 Å². The number of hydrogen-bond donors (Lipinski definition) is 1. The second kappa shape index (κ2) is 5.02. The topological polar surface area (TPSA) is 41.1 Å². The third-order valence-corrected chi connectivity index (χ3v) is 4.37. The van der Waals surface area contributed by atoms with Crippen LogP contribution in [-0.4, -0.2) is 35.1 Å². The maximum atomic E-state index is 5.98. The predicted octanol–water partition coefficient (Wildman–Crippen LogP) is 2.24. The number of hydrogen-bond acceptors (Lipinski definition) is 4. The zero-order valence-electron chi connectivity index (χ0n) is 10.5. The number of piperazine rings is 1. The molecule has 0 aromatic carbocycles. The smallest absolute Gasteiger partial charge is 0.149 e. The third kappa shape index (κ3) is 2.19. The molecule has 1 aliphatic carbocycles. The van der Waals surface area contributed by atoms with Gasteiger partial charge in [-0.1, -0.05) is 30.9 Å². The first kappa shape index (κ1) is 12.2. The Labute approximate surface area is 113 Å². The van der Waals surface area contributed by atoms with Crippen molar-refractivity contribution in [1.29, 1.82) is 0 Å². The molecule has 5 heteroatoms. The van der Waals surface area contributed by atoms with Crippen molar-refractivity contribution >= 4 is 17.4 Å². The average molecular weight is 267 g/mol. The van der Waals surface area contributed by atoms with Crippen molar-refractivity contribution < 1.29 is 0 Å². The van der Waals surface area contributed by atoms with Crippen molar-refractivity contribution in [3.05, 3.63) is 17.5 Å². The van der Waals surface area contributed by atoms with Gasteiger partial charge in [0.25, 0.3) is 0 Å². The first-order valence-corrected chi connectivity index (χ1v) is 7.14. The summed E-state index contributed by atoms with van der Waals surface area (Å²) in [5.41, 5.74) is 0.232. The van der Waals surface area contributed by atoms with Crippen LogP contribution in [0.2, 0.25) is 5.15 Å². The van der Waals surface area contributed by atoms with Crippen LogP contribution in [0.3, 0.4) is 0 Å². The zero-order valence-corrected chi connectivity index (χ0v) is 11.3. The van der Waals surface area contributed by atoms with Crippen molar-refractivity contribution in [3.8, 4) is 0 Å². The molecule has 0 bridgehead atoms. The van der Waals surface area contributed by atoms with Crippen molar-refractivity contribution in [2.75, 3.05) is 24.5 Å². The summed E-state index contributed by atoms with van der Waals surface area (Å²) in [5.74, 6) is 0.936. The van der Waals surface area contributed by atoms with Crippen LogP contribution in [0.4, 0.5) is 5.82 Å². The molecule has 0 amide bonds. The molecule has 0 unspecified atom stereocenters. The Hall–Kier alpha value is -0.870.